The third-order valence-corrected chi connectivity index (χ3v) is 10.2. The number of fused-ring (bicyclic) bond motifs is 1. The van der Waals surface area contributed by atoms with E-state index in [0.29, 0.717) is 22.0 Å². The molecule has 0 aromatic heterocycles. The first-order valence-corrected chi connectivity index (χ1v) is 16.1. The summed E-state index contributed by atoms with van der Waals surface area (Å²) in [5.74, 6) is -0.627. The molecule has 0 aliphatic rings. The minimum atomic E-state index is -4.13. The number of nitrogens with zero attached hydrogens (tertiary/aromatic N) is 1. The van der Waals surface area contributed by atoms with Gasteiger partial charge in [0.25, 0.3) is 20.0 Å². The van der Waals surface area contributed by atoms with E-state index in [2.05, 4.69) is 10.0 Å². The normalized spacial score (nSPS) is 11.7. The van der Waals surface area contributed by atoms with Gasteiger partial charge in [0.2, 0.25) is 5.91 Å². The lowest BCUT2D eigenvalue weighted by atomic mass is 10.1. The van der Waals surface area contributed by atoms with Gasteiger partial charge in [-0.1, -0.05) is 72.3 Å². The van der Waals surface area contributed by atoms with E-state index in [-0.39, 0.29) is 15.5 Å². The summed E-state index contributed by atoms with van der Waals surface area (Å²) < 4.78 is 57.0. The van der Waals surface area contributed by atoms with Crippen molar-refractivity contribution in [1.29, 1.82) is 0 Å². The Morgan fingerprint density at radius 3 is 2.12 bits per heavy atom. The van der Waals surface area contributed by atoms with Crippen LogP contribution < -0.4 is 14.3 Å². The molecule has 42 heavy (non-hydrogen) atoms. The first kappa shape index (κ1) is 29.1. The summed E-state index contributed by atoms with van der Waals surface area (Å²) in [7, 11) is -8.05. The second-order valence-corrected chi connectivity index (χ2v) is 13.4. The van der Waals surface area contributed by atoms with E-state index in [9.17, 15) is 21.6 Å². The molecule has 8 nitrogen and oxygen atoms in total. The highest BCUT2D eigenvalue weighted by Gasteiger charge is 2.29. The maximum absolute atomic E-state index is 13.6. The molecule has 0 saturated heterocycles. The molecule has 5 rings (SSSR count). The Morgan fingerprint density at radius 2 is 1.38 bits per heavy atom. The van der Waals surface area contributed by atoms with Crippen molar-refractivity contribution < 1.29 is 21.6 Å². The number of rotatable bonds is 9. The van der Waals surface area contributed by atoms with Gasteiger partial charge in [-0.2, -0.15) is 0 Å². The maximum atomic E-state index is 13.6. The Morgan fingerprint density at radius 1 is 0.738 bits per heavy atom. The fourth-order valence-corrected chi connectivity index (χ4v) is 7.20. The molecular formula is C31H26ClN3O5S2. The van der Waals surface area contributed by atoms with Crippen molar-refractivity contribution in [3.63, 3.8) is 0 Å². The Hall–Kier alpha value is -4.38. The molecule has 0 saturated carbocycles. The molecule has 0 heterocycles. The van der Waals surface area contributed by atoms with Crippen LogP contribution in [-0.2, 0) is 24.8 Å². The summed E-state index contributed by atoms with van der Waals surface area (Å²) in [5, 5.41) is 4.67. The largest absolute Gasteiger partial charge is 0.325 e. The Bertz CT molecular complexity index is 1980. The van der Waals surface area contributed by atoms with Crippen LogP contribution in [0.15, 0.2) is 125 Å². The minimum absolute atomic E-state index is 0.00346. The first-order chi connectivity index (χ1) is 20.1. The lowest BCUT2D eigenvalue weighted by Gasteiger charge is -2.26. The van der Waals surface area contributed by atoms with E-state index in [1.807, 2.05) is 30.3 Å². The summed E-state index contributed by atoms with van der Waals surface area (Å²) in [6.45, 7) is 1.13. The molecule has 11 heteroatoms. The van der Waals surface area contributed by atoms with Crippen molar-refractivity contribution in [2.45, 2.75) is 16.7 Å². The molecule has 0 radical (unpaired) electrons. The van der Waals surface area contributed by atoms with Crippen LogP contribution in [0, 0.1) is 6.92 Å². The van der Waals surface area contributed by atoms with E-state index < -0.39 is 32.5 Å². The predicted molar refractivity (Wildman–Crippen MR) is 167 cm³/mol. The van der Waals surface area contributed by atoms with Gasteiger partial charge in [0.1, 0.15) is 6.54 Å². The number of amides is 1. The number of nitrogens with one attached hydrogen (secondary N) is 2. The van der Waals surface area contributed by atoms with Crippen LogP contribution in [0.5, 0.6) is 0 Å². The lowest BCUT2D eigenvalue weighted by molar-refractivity contribution is -0.114. The summed E-state index contributed by atoms with van der Waals surface area (Å²) in [6, 6.07) is 31.0. The summed E-state index contributed by atoms with van der Waals surface area (Å²) in [5.41, 5.74) is 1.51. The number of carbonyl (C=O) groups is 1. The molecule has 0 atom stereocenters. The molecule has 0 spiro atoms. The smallest absolute Gasteiger partial charge is 0.264 e. The van der Waals surface area contributed by atoms with Gasteiger partial charge in [0.05, 0.1) is 21.2 Å². The molecule has 5 aromatic rings. The van der Waals surface area contributed by atoms with Gasteiger partial charge in [-0.05, 0) is 72.5 Å². The van der Waals surface area contributed by atoms with Crippen molar-refractivity contribution >= 4 is 65.4 Å². The van der Waals surface area contributed by atoms with Crippen LogP contribution in [0.4, 0.5) is 17.1 Å². The zero-order valence-corrected chi connectivity index (χ0v) is 24.7. The molecular weight excluding hydrogens is 594 g/mol. The van der Waals surface area contributed by atoms with Gasteiger partial charge < -0.3 is 5.32 Å². The van der Waals surface area contributed by atoms with Gasteiger partial charge >= 0.3 is 0 Å². The molecule has 0 aliphatic heterocycles. The van der Waals surface area contributed by atoms with Gasteiger partial charge in [-0.25, -0.2) is 16.8 Å². The number of sulfonamides is 2. The number of anilines is 3. The summed E-state index contributed by atoms with van der Waals surface area (Å²) >= 11 is 6.28. The fraction of sp³-hybridized carbons (Fsp3) is 0.0645. The van der Waals surface area contributed by atoms with E-state index in [1.54, 1.807) is 55.5 Å². The van der Waals surface area contributed by atoms with Crippen LogP contribution in [0.2, 0.25) is 5.02 Å². The molecule has 0 aliphatic carbocycles. The van der Waals surface area contributed by atoms with Crippen molar-refractivity contribution in [1.82, 2.24) is 0 Å². The van der Waals surface area contributed by atoms with Crippen LogP contribution in [-0.4, -0.2) is 29.3 Å². The molecule has 0 fully saturated rings. The third kappa shape index (κ3) is 6.11. The van der Waals surface area contributed by atoms with Gasteiger partial charge in [-0.15, -0.1) is 0 Å². The third-order valence-electron chi connectivity index (χ3n) is 6.61. The molecule has 2 N–H and O–H groups in total. The highest BCUT2D eigenvalue weighted by atomic mass is 35.5. The molecule has 0 unspecified atom stereocenters. The fourth-order valence-electron chi connectivity index (χ4n) is 4.45. The molecule has 0 bridgehead atoms. The lowest BCUT2D eigenvalue weighted by Crippen LogP contribution is -2.38. The topological polar surface area (TPSA) is 113 Å². The monoisotopic (exact) mass is 619 g/mol. The summed E-state index contributed by atoms with van der Waals surface area (Å²) in [6.07, 6.45) is 0. The van der Waals surface area contributed by atoms with Crippen molar-refractivity contribution in [2.24, 2.45) is 0 Å². The van der Waals surface area contributed by atoms with E-state index in [1.165, 1.54) is 36.4 Å². The average Bonchev–Trinajstić information content (AvgIpc) is 2.98. The number of hydrogen-bond donors (Lipinski definition) is 2. The Balaban J connectivity index is 1.36. The molecule has 1 amide bonds. The van der Waals surface area contributed by atoms with Gasteiger partial charge in [0, 0.05) is 16.1 Å². The van der Waals surface area contributed by atoms with Crippen molar-refractivity contribution in [3.8, 4) is 0 Å². The number of carbonyl (C=O) groups excluding carboxylic acids is 1. The van der Waals surface area contributed by atoms with E-state index >= 15 is 0 Å². The highest BCUT2D eigenvalue weighted by molar-refractivity contribution is 7.93. The predicted octanol–water partition coefficient (Wildman–Crippen LogP) is 6.44. The van der Waals surface area contributed by atoms with E-state index in [4.69, 9.17) is 11.6 Å². The Labute approximate surface area is 249 Å². The van der Waals surface area contributed by atoms with Crippen LogP contribution in [0.1, 0.15) is 5.56 Å². The number of hydrogen-bond acceptors (Lipinski definition) is 5. The van der Waals surface area contributed by atoms with Crippen molar-refractivity contribution in [2.75, 3.05) is 20.9 Å². The first-order valence-electron chi connectivity index (χ1n) is 12.8. The number of halogens is 1. The summed E-state index contributed by atoms with van der Waals surface area (Å²) in [4.78, 5) is 13.2. The SMILES string of the molecule is Cc1c(Cl)cccc1N(CC(=O)Nc1ccc(S(=O)(=O)Nc2cccc3ccccc23)cc1)S(=O)(=O)c1ccccc1. The maximum Gasteiger partial charge on any atom is 0.264 e. The zero-order chi connectivity index (χ0) is 29.9. The standard InChI is InChI=1S/C31H26ClN3O5S2/c1-22-28(32)14-8-16-30(22)35(42(39,40)26-11-3-2-4-12-26)21-31(36)33-24-17-19-25(20-18-24)41(37,38)34-29-15-7-10-23-9-5-6-13-27(23)29/h2-20,34H,21H2,1H3,(H,33,36). The van der Waals surface area contributed by atoms with Crippen molar-refractivity contribution in [3.05, 3.63) is 126 Å². The van der Waals surface area contributed by atoms with Crippen LogP contribution in [0.25, 0.3) is 10.8 Å². The zero-order valence-electron chi connectivity index (χ0n) is 22.4. The second-order valence-electron chi connectivity index (χ2n) is 9.41. The van der Waals surface area contributed by atoms with E-state index in [0.717, 1.165) is 15.1 Å². The van der Waals surface area contributed by atoms with Crippen LogP contribution in [0.3, 0.4) is 0 Å². The molecule has 5 aromatic carbocycles. The average molecular weight is 620 g/mol. The van der Waals surface area contributed by atoms with Gasteiger partial charge in [0.15, 0.2) is 0 Å². The Kier molecular flexibility index (Phi) is 8.22. The second kappa shape index (κ2) is 11.8. The highest BCUT2D eigenvalue weighted by Crippen LogP contribution is 2.31. The minimum Gasteiger partial charge on any atom is -0.325 e. The quantitative estimate of drug-likeness (QED) is 0.197. The van der Waals surface area contributed by atoms with Gasteiger partial charge in [-0.3, -0.25) is 13.8 Å². The van der Waals surface area contributed by atoms with Crippen LogP contribution >= 0.6 is 11.6 Å². The molecule has 214 valence electrons. The number of benzene rings is 5.